The van der Waals surface area contributed by atoms with Crippen LogP contribution in [0.4, 0.5) is 17.1 Å². The van der Waals surface area contributed by atoms with Gasteiger partial charge in [-0.1, -0.05) is 36.4 Å². The van der Waals surface area contributed by atoms with Gasteiger partial charge in [-0.2, -0.15) is 16.9 Å². The molecule has 3 aromatic rings. The van der Waals surface area contributed by atoms with E-state index in [0.29, 0.717) is 5.25 Å². The smallest absolute Gasteiger partial charge is 0.130 e. The number of hydrogen-bond donors (Lipinski definition) is 0. The fourth-order valence-corrected chi connectivity index (χ4v) is 3.82. The number of benzene rings is 3. The summed E-state index contributed by atoms with van der Waals surface area (Å²) in [7, 11) is 0. The van der Waals surface area contributed by atoms with Gasteiger partial charge in [0.05, 0.1) is 17.6 Å². The van der Waals surface area contributed by atoms with Gasteiger partial charge in [-0.3, -0.25) is 0 Å². The van der Waals surface area contributed by atoms with Gasteiger partial charge in [0, 0.05) is 41.4 Å². The Morgan fingerprint density at radius 1 is 0.903 bits per heavy atom. The number of rotatable bonds is 10. The highest BCUT2D eigenvalue weighted by atomic mass is 32.2. The van der Waals surface area contributed by atoms with Crippen molar-refractivity contribution in [3.63, 3.8) is 0 Å². The minimum absolute atomic E-state index is 0.618. The van der Waals surface area contributed by atoms with Crippen LogP contribution in [-0.4, -0.2) is 36.9 Å². The topological polar surface area (TPSA) is 28.1 Å². The highest BCUT2D eigenvalue weighted by Gasteiger charge is 2.23. The van der Waals surface area contributed by atoms with Gasteiger partial charge in [0.15, 0.2) is 0 Å². The Morgan fingerprint density at radius 2 is 1.52 bits per heavy atom. The lowest BCUT2D eigenvalue weighted by molar-refractivity contribution is 0.329. The number of ether oxygens (including phenoxy) is 1. The molecule has 3 aromatic carbocycles. The molecule has 0 saturated carbocycles. The molecule has 4 nitrogen and oxygen atoms in total. The second kappa shape index (κ2) is 10.4. The van der Waals surface area contributed by atoms with E-state index in [9.17, 15) is 0 Å². The second-order valence-corrected chi connectivity index (χ2v) is 8.72. The number of thioether (sulfide) groups is 1. The quantitative estimate of drug-likeness (QED) is 0.217. The Balaban J connectivity index is 1.66. The van der Waals surface area contributed by atoms with E-state index in [-0.39, 0.29) is 0 Å². The van der Waals surface area contributed by atoms with Crippen LogP contribution in [0.2, 0.25) is 0 Å². The van der Waals surface area contributed by atoms with E-state index >= 15 is 0 Å². The molecule has 1 aliphatic heterocycles. The molecule has 0 radical (unpaired) electrons. The molecule has 1 unspecified atom stereocenters. The molecular formula is C26H29N3OS. The summed E-state index contributed by atoms with van der Waals surface area (Å²) in [4.78, 5) is 2.33. The van der Waals surface area contributed by atoms with E-state index in [1.165, 1.54) is 11.4 Å². The number of nitrogens with zero attached hydrogens (tertiary/aromatic N) is 3. The molecule has 1 heterocycles. The lowest BCUT2D eigenvalue weighted by atomic mass is 10.1. The standard InChI is InChI=1S/C26H29N3OS/c1-3-28(4-2)24-16-15-21(26(17-24)30-19-25-20-31-25)18-27-29(22-11-7-5-8-12-22)23-13-9-6-10-14-23/h5-18,25H,3-4,19-20H2,1-2H3/b27-18-. The Hall–Kier alpha value is -2.92. The summed E-state index contributed by atoms with van der Waals surface area (Å²) in [6.45, 7) is 7.04. The van der Waals surface area contributed by atoms with Gasteiger partial charge in [-0.25, -0.2) is 5.01 Å². The summed E-state index contributed by atoms with van der Waals surface area (Å²) in [6.07, 6.45) is 1.90. The monoisotopic (exact) mass is 431 g/mol. The van der Waals surface area contributed by atoms with Crippen LogP contribution < -0.4 is 14.6 Å². The molecule has 0 bridgehead atoms. The minimum Gasteiger partial charge on any atom is -0.492 e. The first-order chi connectivity index (χ1) is 15.3. The summed E-state index contributed by atoms with van der Waals surface area (Å²) < 4.78 is 6.23. The minimum atomic E-state index is 0.618. The van der Waals surface area contributed by atoms with Gasteiger partial charge in [0.1, 0.15) is 12.4 Å². The summed E-state index contributed by atoms with van der Waals surface area (Å²) in [5.74, 6) is 2.08. The highest BCUT2D eigenvalue weighted by molar-refractivity contribution is 8.06. The molecule has 160 valence electrons. The van der Waals surface area contributed by atoms with Crippen molar-refractivity contribution in [3.05, 3.63) is 84.4 Å². The van der Waals surface area contributed by atoms with Crippen molar-refractivity contribution in [2.24, 2.45) is 5.10 Å². The third-order valence-electron chi connectivity index (χ3n) is 5.27. The van der Waals surface area contributed by atoms with Crippen molar-refractivity contribution >= 4 is 35.0 Å². The van der Waals surface area contributed by atoms with Gasteiger partial charge in [-0.05, 0) is 50.2 Å². The van der Waals surface area contributed by atoms with Crippen molar-refractivity contribution in [2.45, 2.75) is 19.1 Å². The molecule has 1 atom stereocenters. The SMILES string of the molecule is CCN(CC)c1ccc(/C=N\N(c2ccccc2)c2ccccc2)c(OCC2CS2)c1. The van der Waals surface area contributed by atoms with Gasteiger partial charge in [0.25, 0.3) is 0 Å². The lowest BCUT2D eigenvalue weighted by Crippen LogP contribution is -2.22. The van der Waals surface area contributed by atoms with Gasteiger partial charge in [-0.15, -0.1) is 0 Å². The Bertz CT molecular complexity index is 947. The fourth-order valence-electron chi connectivity index (χ4n) is 3.43. The lowest BCUT2D eigenvalue weighted by Gasteiger charge is -2.23. The van der Waals surface area contributed by atoms with E-state index in [4.69, 9.17) is 9.84 Å². The Kier molecular flexibility index (Phi) is 7.15. The molecule has 4 rings (SSSR count). The predicted octanol–water partition coefficient (Wildman–Crippen LogP) is 6.20. The zero-order valence-corrected chi connectivity index (χ0v) is 19.0. The molecule has 0 aromatic heterocycles. The van der Waals surface area contributed by atoms with Gasteiger partial charge >= 0.3 is 0 Å². The number of anilines is 3. The van der Waals surface area contributed by atoms with Gasteiger partial charge < -0.3 is 9.64 Å². The molecule has 1 saturated heterocycles. The molecular weight excluding hydrogens is 402 g/mol. The number of hydrogen-bond acceptors (Lipinski definition) is 5. The van der Waals surface area contributed by atoms with Crippen molar-refractivity contribution in [2.75, 3.05) is 35.4 Å². The molecule has 0 N–H and O–H groups in total. The summed E-state index contributed by atoms with van der Waals surface area (Å²) >= 11 is 1.95. The summed E-state index contributed by atoms with van der Waals surface area (Å²) in [5, 5.41) is 7.44. The maximum absolute atomic E-state index is 6.23. The average molecular weight is 432 g/mol. The summed E-state index contributed by atoms with van der Waals surface area (Å²) in [6, 6.07) is 26.8. The first kappa shape index (κ1) is 21.3. The van der Waals surface area contributed by atoms with Crippen LogP contribution in [-0.2, 0) is 0 Å². The van der Waals surface area contributed by atoms with E-state index in [1.54, 1.807) is 0 Å². The van der Waals surface area contributed by atoms with E-state index in [1.807, 2.05) is 59.4 Å². The first-order valence-corrected chi connectivity index (χ1v) is 11.9. The average Bonchev–Trinajstić information content (AvgIpc) is 3.65. The maximum Gasteiger partial charge on any atom is 0.130 e. The zero-order valence-electron chi connectivity index (χ0n) is 18.1. The molecule has 0 amide bonds. The molecule has 5 heteroatoms. The van der Waals surface area contributed by atoms with E-state index < -0.39 is 0 Å². The van der Waals surface area contributed by atoms with Crippen LogP contribution in [0.5, 0.6) is 5.75 Å². The molecule has 1 fully saturated rings. The van der Waals surface area contributed by atoms with Crippen molar-refractivity contribution in [3.8, 4) is 5.75 Å². The number of hydrazone groups is 1. The van der Waals surface area contributed by atoms with E-state index in [0.717, 1.165) is 42.4 Å². The zero-order chi connectivity index (χ0) is 21.5. The summed E-state index contributed by atoms with van der Waals surface area (Å²) in [5.41, 5.74) is 4.20. The van der Waals surface area contributed by atoms with Crippen molar-refractivity contribution < 1.29 is 4.74 Å². The first-order valence-electron chi connectivity index (χ1n) is 10.9. The normalized spacial score (nSPS) is 15.1. The Morgan fingerprint density at radius 3 is 2.06 bits per heavy atom. The van der Waals surface area contributed by atoms with E-state index in [2.05, 4.69) is 61.2 Å². The van der Waals surface area contributed by atoms with Crippen molar-refractivity contribution in [1.29, 1.82) is 0 Å². The molecule has 0 aliphatic carbocycles. The van der Waals surface area contributed by atoms with Crippen LogP contribution in [0.1, 0.15) is 19.4 Å². The second-order valence-electron chi connectivity index (χ2n) is 7.39. The number of para-hydroxylation sites is 2. The molecule has 31 heavy (non-hydrogen) atoms. The molecule has 0 spiro atoms. The third-order valence-corrected chi connectivity index (χ3v) is 6.21. The Labute approximate surface area is 189 Å². The van der Waals surface area contributed by atoms with Crippen LogP contribution in [0, 0.1) is 0 Å². The highest BCUT2D eigenvalue weighted by Crippen LogP contribution is 2.32. The maximum atomic E-state index is 6.23. The van der Waals surface area contributed by atoms with Gasteiger partial charge in [0.2, 0.25) is 0 Å². The predicted molar refractivity (Wildman–Crippen MR) is 134 cm³/mol. The van der Waals surface area contributed by atoms with Crippen LogP contribution in [0.15, 0.2) is 84.0 Å². The van der Waals surface area contributed by atoms with Crippen LogP contribution in [0.25, 0.3) is 0 Å². The van der Waals surface area contributed by atoms with Crippen LogP contribution >= 0.6 is 11.8 Å². The molecule has 1 aliphatic rings. The third kappa shape index (κ3) is 5.61. The van der Waals surface area contributed by atoms with Crippen LogP contribution in [0.3, 0.4) is 0 Å². The fraction of sp³-hybridized carbons (Fsp3) is 0.269. The van der Waals surface area contributed by atoms with Crippen molar-refractivity contribution in [1.82, 2.24) is 0 Å². The largest absolute Gasteiger partial charge is 0.492 e.